The molecule has 1 heterocycles. The number of benzene rings is 1. The van der Waals surface area contributed by atoms with Gasteiger partial charge in [0.2, 0.25) is 5.91 Å². The molecule has 0 spiro atoms. The maximum Gasteiger partial charge on any atom is 0.416 e. The van der Waals surface area contributed by atoms with E-state index < -0.39 is 33.7 Å². The Kier molecular flexibility index (Phi) is 6.66. The number of carbonyl (C=O) groups is 1. The van der Waals surface area contributed by atoms with Crippen molar-refractivity contribution >= 4 is 27.3 Å². The highest BCUT2D eigenvalue weighted by atomic mass is 32.2. The van der Waals surface area contributed by atoms with Crippen molar-refractivity contribution in [2.24, 2.45) is 5.92 Å². The Labute approximate surface area is 159 Å². The molecule has 1 atom stereocenters. The van der Waals surface area contributed by atoms with Gasteiger partial charge in [-0.1, -0.05) is 32.0 Å². The molecular formula is C17H19F3N2O3S2. The predicted octanol–water partition coefficient (Wildman–Crippen LogP) is 3.39. The Balaban J connectivity index is 2.08. The summed E-state index contributed by atoms with van der Waals surface area (Å²) >= 11 is 1.02. The lowest BCUT2D eigenvalue weighted by atomic mass is 10.0. The van der Waals surface area contributed by atoms with Gasteiger partial charge >= 0.3 is 6.18 Å². The average Bonchev–Trinajstić information content (AvgIpc) is 3.12. The summed E-state index contributed by atoms with van der Waals surface area (Å²) in [6.45, 7) is 3.20. The fraction of sp³-hybridized carbons (Fsp3) is 0.353. The van der Waals surface area contributed by atoms with Crippen LogP contribution in [0.1, 0.15) is 25.0 Å². The quantitative estimate of drug-likeness (QED) is 0.721. The van der Waals surface area contributed by atoms with Crippen LogP contribution in [0.3, 0.4) is 0 Å². The van der Waals surface area contributed by atoms with Crippen molar-refractivity contribution in [3.05, 3.63) is 52.9 Å². The van der Waals surface area contributed by atoms with Gasteiger partial charge in [0.15, 0.2) is 0 Å². The SMILES string of the molecule is CC(C)C(NS(=O)(=O)c1cccs1)C(=O)NCc1cccc(C(F)(F)F)c1. The van der Waals surface area contributed by atoms with Gasteiger partial charge in [0.25, 0.3) is 10.0 Å². The number of amides is 1. The third-order valence-corrected chi connectivity index (χ3v) is 6.55. The summed E-state index contributed by atoms with van der Waals surface area (Å²) in [7, 11) is -3.86. The standard InChI is InChI=1S/C17H19F3N2O3S2/c1-11(2)15(22-27(24,25)14-7-4-8-26-14)16(23)21-10-12-5-3-6-13(9-12)17(18,19)20/h3-9,11,15,22H,10H2,1-2H3,(H,21,23). The molecule has 0 bridgehead atoms. The third kappa shape index (κ3) is 5.78. The van der Waals surface area contributed by atoms with Gasteiger partial charge in [-0.15, -0.1) is 11.3 Å². The van der Waals surface area contributed by atoms with Crippen LogP contribution in [0.25, 0.3) is 0 Å². The van der Waals surface area contributed by atoms with Gasteiger partial charge in [0.1, 0.15) is 10.3 Å². The number of alkyl halides is 3. The molecule has 0 fully saturated rings. The van der Waals surface area contributed by atoms with E-state index in [0.29, 0.717) is 0 Å². The summed E-state index contributed by atoms with van der Waals surface area (Å²) in [6, 6.07) is 6.54. The second-order valence-corrected chi connectivity index (χ2v) is 9.08. The fourth-order valence-corrected chi connectivity index (χ4v) is 4.64. The molecule has 2 N–H and O–H groups in total. The largest absolute Gasteiger partial charge is 0.416 e. The number of hydrogen-bond donors (Lipinski definition) is 2. The van der Waals surface area contributed by atoms with Gasteiger partial charge in [-0.3, -0.25) is 4.79 Å². The monoisotopic (exact) mass is 420 g/mol. The van der Waals surface area contributed by atoms with Crippen LogP contribution in [-0.4, -0.2) is 20.4 Å². The highest BCUT2D eigenvalue weighted by Gasteiger charge is 2.31. The molecule has 0 aliphatic rings. The zero-order valence-corrected chi connectivity index (χ0v) is 16.2. The first-order chi connectivity index (χ1) is 12.5. The van der Waals surface area contributed by atoms with E-state index in [9.17, 15) is 26.4 Å². The summed E-state index contributed by atoms with van der Waals surface area (Å²) in [5, 5.41) is 4.10. The van der Waals surface area contributed by atoms with Crippen molar-refractivity contribution in [3.63, 3.8) is 0 Å². The average molecular weight is 420 g/mol. The van der Waals surface area contributed by atoms with Gasteiger partial charge in [-0.2, -0.15) is 17.9 Å². The second-order valence-electron chi connectivity index (χ2n) is 6.19. The molecule has 148 valence electrons. The molecule has 1 amide bonds. The fourth-order valence-electron chi connectivity index (χ4n) is 2.29. The zero-order valence-electron chi connectivity index (χ0n) is 14.6. The maximum atomic E-state index is 12.8. The van der Waals surface area contributed by atoms with Crippen LogP contribution < -0.4 is 10.0 Å². The molecule has 0 aliphatic carbocycles. The van der Waals surface area contributed by atoms with Crippen molar-refractivity contribution in [2.45, 2.75) is 36.8 Å². The number of rotatable bonds is 7. The Morgan fingerprint density at radius 2 is 1.89 bits per heavy atom. The lowest BCUT2D eigenvalue weighted by Crippen LogP contribution is -2.49. The second kappa shape index (κ2) is 8.41. The number of halogens is 3. The predicted molar refractivity (Wildman–Crippen MR) is 96.6 cm³/mol. The van der Waals surface area contributed by atoms with Crippen LogP contribution in [0.15, 0.2) is 46.0 Å². The molecular weight excluding hydrogens is 401 g/mol. The molecule has 5 nitrogen and oxygen atoms in total. The minimum atomic E-state index is -4.48. The number of nitrogens with one attached hydrogen (secondary N) is 2. The van der Waals surface area contributed by atoms with Crippen LogP contribution in [0.2, 0.25) is 0 Å². The van der Waals surface area contributed by atoms with Crippen LogP contribution in [0.5, 0.6) is 0 Å². The topological polar surface area (TPSA) is 75.3 Å². The van der Waals surface area contributed by atoms with Gasteiger partial charge in [0.05, 0.1) is 5.56 Å². The van der Waals surface area contributed by atoms with E-state index in [2.05, 4.69) is 10.0 Å². The summed E-state index contributed by atoms with van der Waals surface area (Å²) in [5.74, 6) is -0.969. The molecule has 0 saturated heterocycles. The molecule has 2 aromatic rings. The highest BCUT2D eigenvalue weighted by Crippen LogP contribution is 2.29. The lowest BCUT2D eigenvalue weighted by molar-refractivity contribution is -0.137. The molecule has 2 rings (SSSR count). The summed E-state index contributed by atoms with van der Waals surface area (Å²) in [6.07, 6.45) is -4.48. The Bertz CT molecular complexity index is 879. The van der Waals surface area contributed by atoms with Gasteiger partial charge in [0, 0.05) is 6.54 Å². The Hall–Kier alpha value is -1.91. The first-order valence-corrected chi connectivity index (χ1v) is 10.4. The lowest BCUT2D eigenvalue weighted by Gasteiger charge is -2.21. The van der Waals surface area contributed by atoms with Crippen molar-refractivity contribution < 1.29 is 26.4 Å². The molecule has 0 radical (unpaired) electrons. The number of carbonyl (C=O) groups excluding carboxylic acids is 1. The Morgan fingerprint density at radius 1 is 1.19 bits per heavy atom. The van der Waals surface area contributed by atoms with E-state index in [1.165, 1.54) is 18.2 Å². The molecule has 1 aromatic carbocycles. The van der Waals surface area contributed by atoms with Crippen molar-refractivity contribution in [2.75, 3.05) is 0 Å². The zero-order chi connectivity index (χ0) is 20.2. The van der Waals surface area contributed by atoms with Gasteiger partial charge < -0.3 is 5.32 Å². The van der Waals surface area contributed by atoms with Gasteiger partial charge in [-0.05, 0) is 35.1 Å². The van der Waals surface area contributed by atoms with Gasteiger partial charge in [-0.25, -0.2) is 8.42 Å². The summed E-state index contributed by atoms with van der Waals surface area (Å²) < 4.78 is 65.4. The van der Waals surface area contributed by atoms with Crippen LogP contribution in [0.4, 0.5) is 13.2 Å². The molecule has 0 saturated carbocycles. The van der Waals surface area contributed by atoms with E-state index in [1.807, 2.05) is 0 Å². The van der Waals surface area contributed by atoms with E-state index in [0.717, 1.165) is 23.5 Å². The van der Waals surface area contributed by atoms with E-state index in [4.69, 9.17) is 0 Å². The molecule has 0 aliphatic heterocycles. The molecule has 27 heavy (non-hydrogen) atoms. The summed E-state index contributed by atoms with van der Waals surface area (Å²) in [4.78, 5) is 12.4. The molecule has 1 unspecified atom stereocenters. The minimum absolute atomic E-state index is 0.0822. The van der Waals surface area contributed by atoms with Crippen LogP contribution in [-0.2, 0) is 27.5 Å². The third-order valence-electron chi connectivity index (χ3n) is 3.71. The van der Waals surface area contributed by atoms with Crippen LogP contribution >= 0.6 is 11.3 Å². The van der Waals surface area contributed by atoms with E-state index in [-0.39, 0.29) is 22.2 Å². The number of thiophene rings is 1. The molecule has 1 aromatic heterocycles. The van der Waals surface area contributed by atoms with Crippen LogP contribution in [0, 0.1) is 5.92 Å². The van der Waals surface area contributed by atoms with E-state index >= 15 is 0 Å². The highest BCUT2D eigenvalue weighted by molar-refractivity contribution is 7.91. The summed E-state index contributed by atoms with van der Waals surface area (Å²) in [5.41, 5.74) is -0.546. The first kappa shape index (κ1) is 21.4. The smallest absolute Gasteiger partial charge is 0.351 e. The minimum Gasteiger partial charge on any atom is -0.351 e. The van der Waals surface area contributed by atoms with Crippen molar-refractivity contribution in [1.82, 2.24) is 10.0 Å². The Morgan fingerprint density at radius 3 is 2.44 bits per heavy atom. The van der Waals surface area contributed by atoms with E-state index in [1.54, 1.807) is 25.3 Å². The normalized spacial score (nSPS) is 13.6. The van der Waals surface area contributed by atoms with Crippen molar-refractivity contribution in [1.29, 1.82) is 0 Å². The number of hydrogen-bond acceptors (Lipinski definition) is 4. The number of sulfonamides is 1. The maximum absolute atomic E-state index is 12.8. The molecule has 10 heteroatoms. The van der Waals surface area contributed by atoms with Crippen molar-refractivity contribution in [3.8, 4) is 0 Å². The first-order valence-electron chi connectivity index (χ1n) is 8.00.